The second-order valence-electron chi connectivity index (χ2n) is 7.46. The SMILES string of the molecule is CN(CCC#N)C(=O)CN1C(=O)COc2ccc(-c3csc(Cc4ccccc4)n3)cc21. The van der Waals surface area contributed by atoms with Crippen molar-refractivity contribution in [2.45, 2.75) is 12.8 Å². The maximum atomic E-state index is 12.6. The molecule has 7 nitrogen and oxygen atoms in total. The van der Waals surface area contributed by atoms with E-state index in [1.807, 2.05) is 47.8 Å². The number of benzene rings is 2. The topological polar surface area (TPSA) is 86.5 Å². The lowest BCUT2D eigenvalue weighted by atomic mass is 10.1. The van der Waals surface area contributed by atoms with Crippen LogP contribution in [0.15, 0.2) is 53.9 Å². The van der Waals surface area contributed by atoms with Crippen LogP contribution in [-0.4, -0.2) is 48.4 Å². The smallest absolute Gasteiger partial charge is 0.265 e. The number of aromatic nitrogens is 1. The van der Waals surface area contributed by atoms with E-state index in [0.29, 0.717) is 18.0 Å². The normalized spacial score (nSPS) is 12.6. The van der Waals surface area contributed by atoms with E-state index in [4.69, 9.17) is 15.0 Å². The number of anilines is 1. The number of nitriles is 1. The van der Waals surface area contributed by atoms with E-state index in [0.717, 1.165) is 22.7 Å². The van der Waals surface area contributed by atoms with Gasteiger partial charge in [0.05, 0.1) is 28.9 Å². The molecule has 8 heteroatoms. The number of fused-ring (bicyclic) bond motifs is 1. The van der Waals surface area contributed by atoms with Crippen molar-refractivity contribution in [2.24, 2.45) is 0 Å². The predicted molar refractivity (Wildman–Crippen MR) is 123 cm³/mol. The van der Waals surface area contributed by atoms with Gasteiger partial charge >= 0.3 is 0 Å². The van der Waals surface area contributed by atoms with Crippen molar-refractivity contribution in [1.29, 1.82) is 5.26 Å². The molecule has 1 aliphatic rings. The van der Waals surface area contributed by atoms with Gasteiger partial charge in [0.15, 0.2) is 6.61 Å². The highest BCUT2D eigenvalue weighted by molar-refractivity contribution is 7.10. The highest BCUT2D eigenvalue weighted by Crippen LogP contribution is 2.36. The molecule has 0 fully saturated rings. The molecule has 2 aromatic carbocycles. The van der Waals surface area contributed by atoms with Crippen LogP contribution in [0.5, 0.6) is 5.75 Å². The number of hydrogen-bond acceptors (Lipinski definition) is 6. The van der Waals surface area contributed by atoms with E-state index in [-0.39, 0.29) is 31.4 Å². The second kappa shape index (κ2) is 9.62. The van der Waals surface area contributed by atoms with Gasteiger partial charge < -0.3 is 9.64 Å². The molecular formula is C24H22N4O3S. The molecule has 32 heavy (non-hydrogen) atoms. The zero-order valence-corrected chi connectivity index (χ0v) is 18.5. The molecule has 4 rings (SSSR count). The molecule has 0 atom stereocenters. The summed E-state index contributed by atoms with van der Waals surface area (Å²) in [5, 5.41) is 11.7. The van der Waals surface area contributed by atoms with Crippen LogP contribution in [0.4, 0.5) is 5.69 Å². The number of nitrogens with zero attached hydrogens (tertiary/aromatic N) is 4. The number of carbonyl (C=O) groups excluding carboxylic acids is 2. The summed E-state index contributed by atoms with van der Waals surface area (Å²) in [7, 11) is 1.63. The number of likely N-dealkylation sites (N-methyl/N-ethyl adjacent to an activating group) is 1. The van der Waals surface area contributed by atoms with Gasteiger partial charge in [0.2, 0.25) is 5.91 Å². The molecule has 2 heterocycles. The number of amides is 2. The van der Waals surface area contributed by atoms with Crippen molar-refractivity contribution in [2.75, 3.05) is 31.6 Å². The van der Waals surface area contributed by atoms with Gasteiger partial charge in [-0.15, -0.1) is 11.3 Å². The fraction of sp³-hybridized carbons (Fsp3) is 0.250. The number of ether oxygens (including phenoxy) is 1. The summed E-state index contributed by atoms with van der Waals surface area (Å²) in [5.74, 6) is 0.0472. The summed E-state index contributed by atoms with van der Waals surface area (Å²) >= 11 is 1.59. The summed E-state index contributed by atoms with van der Waals surface area (Å²) in [6.45, 7) is 0.111. The Balaban J connectivity index is 1.56. The maximum absolute atomic E-state index is 12.6. The number of hydrogen-bond donors (Lipinski definition) is 0. The minimum absolute atomic E-state index is 0.100. The van der Waals surface area contributed by atoms with Crippen LogP contribution >= 0.6 is 11.3 Å². The van der Waals surface area contributed by atoms with Gasteiger partial charge in [-0.3, -0.25) is 14.5 Å². The number of thiazole rings is 1. The summed E-state index contributed by atoms with van der Waals surface area (Å²) < 4.78 is 5.57. The zero-order chi connectivity index (χ0) is 22.5. The Kier molecular flexibility index (Phi) is 6.47. The molecule has 0 saturated heterocycles. The molecule has 0 aliphatic carbocycles. The standard InChI is InChI=1S/C24H22N4O3S/c1-27(11-5-10-25)23(29)14-28-20-13-18(8-9-21(20)31-15-24(28)30)19-16-32-22(26-19)12-17-6-3-2-4-7-17/h2-4,6-9,13,16H,5,11-12,14-15H2,1H3. The lowest BCUT2D eigenvalue weighted by Crippen LogP contribution is -2.45. The number of rotatable bonds is 7. The van der Waals surface area contributed by atoms with Crippen molar-refractivity contribution >= 4 is 28.8 Å². The van der Waals surface area contributed by atoms with Gasteiger partial charge in [-0.05, 0) is 23.8 Å². The first kappa shape index (κ1) is 21.5. The third-order valence-corrected chi connectivity index (χ3v) is 6.07. The summed E-state index contributed by atoms with van der Waals surface area (Å²) in [6, 6.07) is 17.8. The minimum Gasteiger partial charge on any atom is -0.482 e. The minimum atomic E-state index is -0.278. The third kappa shape index (κ3) is 4.79. The van der Waals surface area contributed by atoms with E-state index in [9.17, 15) is 9.59 Å². The van der Waals surface area contributed by atoms with Crippen molar-refractivity contribution in [1.82, 2.24) is 9.88 Å². The molecule has 2 amide bonds. The van der Waals surface area contributed by atoms with Crippen LogP contribution in [-0.2, 0) is 16.0 Å². The first-order valence-corrected chi connectivity index (χ1v) is 11.1. The summed E-state index contributed by atoms with van der Waals surface area (Å²) in [4.78, 5) is 32.8. The predicted octanol–water partition coefficient (Wildman–Crippen LogP) is 3.50. The molecular weight excluding hydrogens is 424 g/mol. The largest absolute Gasteiger partial charge is 0.482 e. The van der Waals surface area contributed by atoms with Crippen LogP contribution < -0.4 is 9.64 Å². The van der Waals surface area contributed by atoms with E-state index in [1.54, 1.807) is 18.4 Å². The quantitative estimate of drug-likeness (QED) is 0.554. The van der Waals surface area contributed by atoms with Gasteiger partial charge in [-0.1, -0.05) is 30.3 Å². The van der Waals surface area contributed by atoms with Crippen LogP contribution in [0.1, 0.15) is 17.0 Å². The molecule has 0 bridgehead atoms. The van der Waals surface area contributed by atoms with E-state index < -0.39 is 0 Å². The Hall–Kier alpha value is -3.70. The fourth-order valence-electron chi connectivity index (χ4n) is 3.43. The van der Waals surface area contributed by atoms with Crippen molar-refractivity contribution in [3.05, 3.63) is 64.5 Å². The molecule has 1 aliphatic heterocycles. The molecule has 0 radical (unpaired) electrons. The monoisotopic (exact) mass is 446 g/mol. The van der Waals surface area contributed by atoms with Crippen molar-refractivity contribution in [3.63, 3.8) is 0 Å². The van der Waals surface area contributed by atoms with Gasteiger partial charge in [-0.25, -0.2) is 4.98 Å². The van der Waals surface area contributed by atoms with Gasteiger partial charge in [0, 0.05) is 31.0 Å². The maximum Gasteiger partial charge on any atom is 0.265 e. The van der Waals surface area contributed by atoms with Gasteiger partial charge in [0.1, 0.15) is 12.3 Å². The zero-order valence-electron chi connectivity index (χ0n) is 17.7. The molecule has 162 valence electrons. The highest BCUT2D eigenvalue weighted by atomic mass is 32.1. The van der Waals surface area contributed by atoms with E-state index >= 15 is 0 Å². The lowest BCUT2D eigenvalue weighted by Gasteiger charge is -2.30. The van der Waals surface area contributed by atoms with Gasteiger partial charge in [-0.2, -0.15) is 5.26 Å². The Bertz CT molecular complexity index is 1170. The van der Waals surface area contributed by atoms with Crippen LogP contribution in [0.3, 0.4) is 0 Å². The van der Waals surface area contributed by atoms with Crippen LogP contribution in [0.2, 0.25) is 0 Å². The Labute approximate surface area is 190 Å². The van der Waals surface area contributed by atoms with E-state index in [1.165, 1.54) is 15.4 Å². The molecule has 0 spiro atoms. The van der Waals surface area contributed by atoms with Gasteiger partial charge in [0.25, 0.3) is 5.91 Å². The van der Waals surface area contributed by atoms with Crippen molar-refractivity contribution < 1.29 is 14.3 Å². The average Bonchev–Trinajstić information content (AvgIpc) is 3.28. The lowest BCUT2D eigenvalue weighted by molar-refractivity contribution is -0.130. The Morgan fingerprint density at radius 3 is 2.88 bits per heavy atom. The second-order valence-corrected chi connectivity index (χ2v) is 8.41. The summed E-state index contributed by atoms with van der Waals surface area (Å²) in [5.41, 5.74) is 3.42. The first-order valence-electron chi connectivity index (χ1n) is 10.2. The Morgan fingerprint density at radius 1 is 1.28 bits per heavy atom. The molecule has 0 unspecified atom stereocenters. The highest BCUT2D eigenvalue weighted by Gasteiger charge is 2.29. The molecule has 0 N–H and O–H groups in total. The third-order valence-electron chi connectivity index (χ3n) is 5.23. The van der Waals surface area contributed by atoms with Crippen molar-refractivity contribution in [3.8, 4) is 23.1 Å². The molecule has 0 saturated carbocycles. The first-order chi connectivity index (χ1) is 15.5. The average molecular weight is 447 g/mol. The Morgan fingerprint density at radius 2 is 2.09 bits per heavy atom. The van der Waals surface area contributed by atoms with Crippen LogP contribution in [0.25, 0.3) is 11.3 Å². The molecule has 1 aromatic heterocycles. The van der Waals surface area contributed by atoms with E-state index in [2.05, 4.69) is 12.1 Å². The van der Waals surface area contributed by atoms with Crippen LogP contribution in [0, 0.1) is 11.3 Å². The number of carbonyl (C=O) groups is 2. The summed E-state index contributed by atoms with van der Waals surface area (Å²) in [6.07, 6.45) is 1.00. The fourth-order valence-corrected chi connectivity index (χ4v) is 4.27. The molecule has 3 aromatic rings.